The number of nitrogens with one attached hydrogen (secondary N) is 1. The summed E-state index contributed by atoms with van der Waals surface area (Å²) in [5.41, 5.74) is 0. The van der Waals surface area contributed by atoms with Gasteiger partial charge in [0.2, 0.25) is 0 Å². The highest BCUT2D eigenvalue weighted by atomic mass is 79.9. The van der Waals surface area contributed by atoms with Gasteiger partial charge in [0.1, 0.15) is 5.82 Å². The lowest BCUT2D eigenvalue weighted by Gasteiger charge is -2.03. The van der Waals surface area contributed by atoms with Crippen molar-refractivity contribution < 1.29 is 0 Å². The minimum Gasteiger partial charge on any atom is -0.338 e. The van der Waals surface area contributed by atoms with Crippen LogP contribution in [0.2, 0.25) is 0 Å². The van der Waals surface area contributed by atoms with Crippen LogP contribution in [-0.2, 0) is 20.0 Å². The van der Waals surface area contributed by atoms with Crippen LogP contribution in [0.15, 0.2) is 26.7 Å². The van der Waals surface area contributed by atoms with Gasteiger partial charge in [-0.25, -0.2) is 4.98 Å². The molecule has 0 unspecified atom stereocenters. The zero-order valence-corrected chi connectivity index (χ0v) is 13.4. The molecule has 0 aliphatic rings. The molecule has 0 aromatic carbocycles. The number of nitrogens with zero attached hydrogens (tertiary/aromatic N) is 2. The Labute approximate surface area is 122 Å². The molecule has 0 bridgehead atoms. The SMILES string of the molecule is Cn1ccnc1CCNCc1cc(Br)c(Br)s1. The van der Waals surface area contributed by atoms with E-state index in [1.54, 1.807) is 11.3 Å². The Hall–Kier alpha value is -0.170. The second kappa shape index (κ2) is 6.13. The van der Waals surface area contributed by atoms with Gasteiger partial charge in [0.15, 0.2) is 0 Å². The molecule has 0 aliphatic carbocycles. The van der Waals surface area contributed by atoms with Crippen molar-refractivity contribution in [2.24, 2.45) is 7.05 Å². The quantitative estimate of drug-likeness (QED) is 0.808. The fourth-order valence-electron chi connectivity index (χ4n) is 1.53. The van der Waals surface area contributed by atoms with Crippen LogP contribution in [0.4, 0.5) is 0 Å². The van der Waals surface area contributed by atoms with E-state index in [1.165, 1.54) is 4.88 Å². The summed E-state index contributed by atoms with van der Waals surface area (Å²) in [6, 6.07) is 2.14. The third kappa shape index (κ3) is 3.64. The Balaban J connectivity index is 1.75. The molecule has 0 fully saturated rings. The fourth-order valence-corrected chi connectivity index (χ4v) is 3.67. The monoisotopic (exact) mass is 377 g/mol. The average molecular weight is 379 g/mol. The molecule has 6 heteroatoms. The lowest BCUT2D eigenvalue weighted by atomic mass is 10.4. The Kier molecular flexibility index (Phi) is 4.78. The first-order valence-corrected chi connectivity index (χ1v) is 7.67. The van der Waals surface area contributed by atoms with Gasteiger partial charge in [-0.05, 0) is 37.9 Å². The number of imidazole rings is 1. The Morgan fingerprint density at radius 2 is 2.29 bits per heavy atom. The van der Waals surface area contributed by atoms with E-state index in [9.17, 15) is 0 Å². The first kappa shape index (κ1) is 13.3. The fraction of sp³-hybridized carbons (Fsp3) is 0.364. The topological polar surface area (TPSA) is 29.9 Å². The van der Waals surface area contributed by atoms with E-state index in [-0.39, 0.29) is 0 Å². The molecule has 0 aliphatic heterocycles. The van der Waals surface area contributed by atoms with E-state index in [2.05, 4.69) is 52.8 Å². The summed E-state index contributed by atoms with van der Waals surface area (Å²) in [7, 11) is 2.02. The van der Waals surface area contributed by atoms with Crippen LogP contribution in [0, 0.1) is 0 Å². The first-order valence-electron chi connectivity index (χ1n) is 5.27. The minimum atomic E-state index is 0.902. The standard InChI is InChI=1S/C11H13Br2N3S/c1-16-5-4-15-10(16)2-3-14-7-8-6-9(12)11(13)17-8/h4-6,14H,2-3,7H2,1H3. The van der Waals surface area contributed by atoms with Gasteiger partial charge in [-0.3, -0.25) is 0 Å². The maximum atomic E-state index is 4.29. The second-order valence-corrected chi connectivity index (χ2v) is 7.02. The molecule has 2 aromatic rings. The van der Waals surface area contributed by atoms with Crippen molar-refractivity contribution in [1.29, 1.82) is 0 Å². The van der Waals surface area contributed by atoms with Crippen LogP contribution in [-0.4, -0.2) is 16.1 Å². The molecule has 1 N–H and O–H groups in total. The largest absolute Gasteiger partial charge is 0.338 e. The van der Waals surface area contributed by atoms with Crippen molar-refractivity contribution in [2.75, 3.05) is 6.54 Å². The first-order chi connectivity index (χ1) is 8.16. The number of hydrogen-bond acceptors (Lipinski definition) is 3. The number of aryl methyl sites for hydroxylation is 1. The van der Waals surface area contributed by atoms with Crippen molar-refractivity contribution in [3.8, 4) is 0 Å². The molecule has 0 atom stereocenters. The predicted octanol–water partition coefficient (Wildman–Crippen LogP) is 3.34. The number of rotatable bonds is 5. The average Bonchev–Trinajstić information content (AvgIpc) is 2.82. The van der Waals surface area contributed by atoms with Crippen molar-refractivity contribution in [2.45, 2.75) is 13.0 Å². The van der Waals surface area contributed by atoms with Crippen molar-refractivity contribution in [3.05, 3.63) is 37.4 Å². The lowest BCUT2D eigenvalue weighted by molar-refractivity contribution is 0.659. The molecule has 17 heavy (non-hydrogen) atoms. The van der Waals surface area contributed by atoms with Crippen molar-refractivity contribution >= 4 is 43.2 Å². The van der Waals surface area contributed by atoms with Crippen LogP contribution in [0.25, 0.3) is 0 Å². The smallest absolute Gasteiger partial charge is 0.109 e. The second-order valence-electron chi connectivity index (χ2n) is 3.72. The summed E-state index contributed by atoms with van der Waals surface area (Å²) in [5.74, 6) is 1.12. The van der Waals surface area contributed by atoms with E-state index >= 15 is 0 Å². The summed E-state index contributed by atoms with van der Waals surface area (Å²) < 4.78 is 4.34. The van der Waals surface area contributed by atoms with Crippen LogP contribution >= 0.6 is 43.2 Å². The molecule has 2 rings (SSSR count). The van der Waals surface area contributed by atoms with Gasteiger partial charge in [-0.2, -0.15) is 0 Å². The summed E-state index contributed by atoms with van der Waals surface area (Å²) in [6.45, 7) is 1.84. The molecule has 0 saturated heterocycles. The molecular weight excluding hydrogens is 366 g/mol. The maximum absolute atomic E-state index is 4.29. The molecule has 2 aromatic heterocycles. The molecule has 0 radical (unpaired) electrons. The highest BCUT2D eigenvalue weighted by Gasteiger charge is 2.04. The molecule has 3 nitrogen and oxygen atoms in total. The van der Waals surface area contributed by atoms with Gasteiger partial charge < -0.3 is 9.88 Å². The van der Waals surface area contributed by atoms with Crippen LogP contribution in [0.3, 0.4) is 0 Å². The maximum Gasteiger partial charge on any atom is 0.109 e. The molecule has 92 valence electrons. The van der Waals surface area contributed by atoms with E-state index in [4.69, 9.17) is 0 Å². The lowest BCUT2D eigenvalue weighted by Crippen LogP contribution is -2.17. The number of hydrogen-bond donors (Lipinski definition) is 1. The Morgan fingerprint density at radius 1 is 1.47 bits per heavy atom. The van der Waals surface area contributed by atoms with Crippen molar-refractivity contribution in [1.82, 2.24) is 14.9 Å². The zero-order chi connectivity index (χ0) is 12.3. The summed E-state index contributed by atoms with van der Waals surface area (Å²) in [4.78, 5) is 5.61. The zero-order valence-electron chi connectivity index (χ0n) is 9.41. The number of aromatic nitrogens is 2. The molecule has 0 saturated carbocycles. The molecule has 2 heterocycles. The number of thiophene rings is 1. The molecule has 0 spiro atoms. The van der Waals surface area contributed by atoms with E-state index in [1.807, 2.05) is 19.4 Å². The third-order valence-electron chi connectivity index (χ3n) is 2.44. The van der Waals surface area contributed by atoms with Crippen LogP contribution in [0.1, 0.15) is 10.7 Å². The summed E-state index contributed by atoms with van der Waals surface area (Å²) >= 11 is 8.74. The van der Waals surface area contributed by atoms with Crippen molar-refractivity contribution in [3.63, 3.8) is 0 Å². The summed E-state index contributed by atoms with van der Waals surface area (Å²) in [6.07, 6.45) is 4.77. The van der Waals surface area contributed by atoms with E-state index < -0.39 is 0 Å². The van der Waals surface area contributed by atoms with Crippen LogP contribution < -0.4 is 5.32 Å². The van der Waals surface area contributed by atoms with Gasteiger partial charge in [0.25, 0.3) is 0 Å². The van der Waals surface area contributed by atoms with Crippen LogP contribution in [0.5, 0.6) is 0 Å². The van der Waals surface area contributed by atoms with Gasteiger partial charge in [-0.15, -0.1) is 11.3 Å². The van der Waals surface area contributed by atoms with E-state index in [0.29, 0.717) is 0 Å². The Bertz CT molecular complexity index is 473. The normalized spacial score (nSPS) is 11.0. The predicted molar refractivity (Wildman–Crippen MR) is 78.3 cm³/mol. The Morgan fingerprint density at radius 3 is 2.88 bits per heavy atom. The van der Waals surface area contributed by atoms with Gasteiger partial charge in [-0.1, -0.05) is 0 Å². The third-order valence-corrected chi connectivity index (χ3v) is 5.70. The summed E-state index contributed by atoms with van der Waals surface area (Å²) in [5, 5.41) is 3.42. The van der Waals surface area contributed by atoms with Gasteiger partial charge in [0, 0.05) is 48.3 Å². The molecule has 0 amide bonds. The highest BCUT2D eigenvalue weighted by Crippen LogP contribution is 2.32. The van der Waals surface area contributed by atoms with E-state index in [0.717, 1.165) is 33.6 Å². The van der Waals surface area contributed by atoms with Gasteiger partial charge >= 0.3 is 0 Å². The minimum absolute atomic E-state index is 0.902. The number of halogens is 2. The molecular formula is C11H13Br2N3S. The van der Waals surface area contributed by atoms with Gasteiger partial charge in [0.05, 0.1) is 3.79 Å². The highest BCUT2D eigenvalue weighted by molar-refractivity contribution is 9.13.